The summed E-state index contributed by atoms with van der Waals surface area (Å²) < 4.78 is 45.8. The van der Waals surface area contributed by atoms with Gasteiger partial charge in [-0.05, 0) is 37.6 Å². The van der Waals surface area contributed by atoms with Crippen molar-refractivity contribution >= 4 is 0 Å². The number of hydrogen-bond donors (Lipinski definition) is 1. The molecule has 1 atom stereocenters. The van der Waals surface area contributed by atoms with Gasteiger partial charge in [0.05, 0.1) is 7.11 Å². The molecule has 0 aromatic heterocycles. The van der Waals surface area contributed by atoms with Gasteiger partial charge in [-0.3, -0.25) is 0 Å². The zero-order valence-corrected chi connectivity index (χ0v) is 10.6. The Balaban J connectivity index is 2.25. The summed E-state index contributed by atoms with van der Waals surface area (Å²) in [6, 6.07) is 4.18. The molecule has 6 heteroatoms. The molecule has 0 radical (unpaired) electrons. The molecular formula is C13H16F3NO2. The molecule has 0 unspecified atom stereocenters. The van der Waals surface area contributed by atoms with Crippen LogP contribution in [0.25, 0.3) is 0 Å². The summed E-state index contributed by atoms with van der Waals surface area (Å²) >= 11 is 0. The first-order chi connectivity index (χ1) is 8.99. The van der Waals surface area contributed by atoms with Gasteiger partial charge >= 0.3 is 6.36 Å². The molecule has 19 heavy (non-hydrogen) atoms. The maximum absolute atomic E-state index is 12.2. The van der Waals surface area contributed by atoms with Crippen LogP contribution in [0.5, 0.6) is 11.5 Å². The minimum atomic E-state index is -4.67. The zero-order valence-electron chi connectivity index (χ0n) is 10.6. The van der Waals surface area contributed by atoms with Crippen molar-refractivity contribution < 1.29 is 22.6 Å². The lowest BCUT2D eigenvalue weighted by Gasteiger charge is -2.25. The summed E-state index contributed by atoms with van der Waals surface area (Å²) in [7, 11) is 1.51. The number of piperidine rings is 1. The van der Waals surface area contributed by atoms with Crippen LogP contribution < -0.4 is 14.8 Å². The van der Waals surface area contributed by atoms with Crippen LogP contribution in [0, 0.1) is 0 Å². The Bertz CT molecular complexity index is 428. The lowest BCUT2D eigenvalue weighted by Crippen LogP contribution is -2.27. The summed E-state index contributed by atoms with van der Waals surface area (Å²) in [4.78, 5) is 0. The van der Waals surface area contributed by atoms with Gasteiger partial charge < -0.3 is 14.8 Å². The number of halogens is 3. The largest absolute Gasteiger partial charge is 0.573 e. The minimum absolute atomic E-state index is 0.0143. The van der Waals surface area contributed by atoms with E-state index >= 15 is 0 Å². The third-order valence-electron chi connectivity index (χ3n) is 3.12. The third-order valence-corrected chi connectivity index (χ3v) is 3.12. The lowest BCUT2D eigenvalue weighted by molar-refractivity contribution is -0.274. The van der Waals surface area contributed by atoms with Crippen LogP contribution in [0.15, 0.2) is 18.2 Å². The SMILES string of the molecule is COc1ccc(OC(F)(F)F)cc1[C@H]1CCCCN1. The second-order valence-corrected chi connectivity index (χ2v) is 4.45. The molecule has 1 aromatic rings. The molecule has 1 aliphatic rings. The Hall–Kier alpha value is -1.43. The first kappa shape index (κ1) is 14.0. The lowest BCUT2D eigenvalue weighted by atomic mass is 9.96. The summed E-state index contributed by atoms with van der Waals surface area (Å²) in [6.45, 7) is 0.859. The van der Waals surface area contributed by atoms with Crippen LogP contribution in [-0.4, -0.2) is 20.0 Å². The molecule has 1 fully saturated rings. The van der Waals surface area contributed by atoms with E-state index in [0.29, 0.717) is 11.3 Å². The van der Waals surface area contributed by atoms with Crippen LogP contribution in [0.1, 0.15) is 30.9 Å². The van der Waals surface area contributed by atoms with E-state index in [4.69, 9.17) is 4.74 Å². The molecule has 1 N–H and O–H groups in total. The highest BCUT2D eigenvalue weighted by molar-refractivity contribution is 5.42. The average Bonchev–Trinajstić information content (AvgIpc) is 2.38. The van der Waals surface area contributed by atoms with Gasteiger partial charge in [0, 0.05) is 11.6 Å². The number of methoxy groups -OCH3 is 1. The van der Waals surface area contributed by atoms with E-state index in [1.165, 1.54) is 25.3 Å². The Labute approximate surface area is 109 Å². The Morgan fingerprint density at radius 3 is 2.63 bits per heavy atom. The molecule has 0 aliphatic carbocycles. The molecule has 2 rings (SSSR count). The second kappa shape index (κ2) is 5.69. The molecule has 1 heterocycles. The predicted octanol–water partition coefficient (Wildman–Crippen LogP) is 3.41. The third kappa shape index (κ3) is 3.76. The normalized spacial score (nSPS) is 20.1. The summed E-state index contributed by atoms with van der Waals surface area (Å²) in [5, 5.41) is 3.28. The van der Waals surface area contributed by atoms with Crippen LogP contribution in [0.4, 0.5) is 13.2 Å². The van der Waals surface area contributed by atoms with Crippen molar-refractivity contribution in [3.63, 3.8) is 0 Å². The Kier molecular flexibility index (Phi) is 4.19. The molecule has 106 valence electrons. The van der Waals surface area contributed by atoms with Crippen molar-refractivity contribution in [2.75, 3.05) is 13.7 Å². The van der Waals surface area contributed by atoms with E-state index in [9.17, 15) is 13.2 Å². The summed E-state index contributed by atoms with van der Waals surface area (Å²) in [6.07, 6.45) is -1.67. The molecule has 3 nitrogen and oxygen atoms in total. The van der Waals surface area contributed by atoms with E-state index in [-0.39, 0.29) is 11.8 Å². The number of alkyl halides is 3. The van der Waals surface area contributed by atoms with Crippen molar-refractivity contribution in [3.05, 3.63) is 23.8 Å². The first-order valence-corrected chi connectivity index (χ1v) is 6.16. The second-order valence-electron chi connectivity index (χ2n) is 4.45. The van der Waals surface area contributed by atoms with Gasteiger partial charge in [0.2, 0.25) is 0 Å². The molecule has 1 aliphatic heterocycles. The van der Waals surface area contributed by atoms with Crippen LogP contribution in [0.3, 0.4) is 0 Å². The molecule has 0 bridgehead atoms. The standard InChI is InChI=1S/C13H16F3NO2/c1-18-12-6-5-9(19-13(14,15)16)8-10(12)11-4-2-3-7-17-11/h5-6,8,11,17H,2-4,7H2,1H3/t11-/m1/s1. The highest BCUT2D eigenvalue weighted by atomic mass is 19.4. The highest BCUT2D eigenvalue weighted by Crippen LogP contribution is 2.34. The van der Waals surface area contributed by atoms with Gasteiger partial charge in [-0.25, -0.2) is 0 Å². The van der Waals surface area contributed by atoms with E-state index in [0.717, 1.165) is 25.8 Å². The fourth-order valence-electron chi connectivity index (χ4n) is 2.30. The van der Waals surface area contributed by atoms with Gasteiger partial charge in [0.1, 0.15) is 11.5 Å². The summed E-state index contributed by atoms with van der Waals surface area (Å²) in [5.74, 6) is 0.365. The maximum atomic E-state index is 12.2. The van der Waals surface area contributed by atoms with E-state index < -0.39 is 6.36 Å². The number of benzene rings is 1. The quantitative estimate of drug-likeness (QED) is 0.917. The Morgan fingerprint density at radius 2 is 2.05 bits per heavy atom. The molecule has 0 spiro atoms. The fourth-order valence-corrected chi connectivity index (χ4v) is 2.30. The highest BCUT2D eigenvalue weighted by Gasteiger charge is 2.31. The van der Waals surface area contributed by atoms with Crippen molar-refractivity contribution in [3.8, 4) is 11.5 Å². The average molecular weight is 275 g/mol. The summed E-state index contributed by atoms with van der Waals surface area (Å²) in [5.41, 5.74) is 0.712. The van der Waals surface area contributed by atoms with Crippen molar-refractivity contribution in [1.82, 2.24) is 5.32 Å². The van der Waals surface area contributed by atoms with E-state index in [2.05, 4.69) is 10.1 Å². The number of rotatable bonds is 3. The van der Waals surface area contributed by atoms with Gasteiger partial charge in [-0.2, -0.15) is 0 Å². The molecule has 1 aromatic carbocycles. The number of hydrogen-bond acceptors (Lipinski definition) is 3. The van der Waals surface area contributed by atoms with Crippen LogP contribution >= 0.6 is 0 Å². The van der Waals surface area contributed by atoms with Gasteiger partial charge in [-0.1, -0.05) is 6.42 Å². The number of nitrogens with one attached hydrogen (secondary N) is 1. The van der Waals surface area contributed by atoms with E-state index in [1.54, 1.807) is 0 Å². The monoisotopic (exact) mass is 275 g/mol. The minimum Gasteiger partial charge on any atom is -0.496 e. The van der Waals surface area contributed by atoms with Gasteiger partial charge in [-0.15, -0.1) is 13.2 Å². The van der Waals surface area contributed by atoms with Gasteiger partial charge in [0.15, 0.2) is 0 Å². The molecule has 0 amide bonds. The van der Waals surface area contributed by atoms with E-state index in [1.807, 2.05) is 0 Å². The number of ether oxygens (including phenoxy) is 2. The van der Waals surface area contributed by atoms with Crippen molar-refractivity contribution in [2.45, 2.75) is 31.7 Å². The maximum Gasteiger partial charge on any atom is 0.573 e. The van der Waals surface area contributed by atoms with Crippen molar-refractivity contribution in [1.29, 1.82) is 0 Å². The van der Waals surface area contributed by atoms with Gasteiger partial charge in [0.25, 0.3) is 0 Å². The van der Waals surface area contributed by atoms with Crippen LogP contribution in [0.2, 0.25) is 0 Å². The smallest absolute Gasteiger partial charge is 0.496 e. The molecule has 1 saturated heterocycles. The predicted molar refractivity (Wildman–Crippen MR) is 64.3 cm³/mol. The molecular weight excluding hydrogens is 259 g/mol. The van der Waals surface area contributed by atoms with Crippen LogP contribution in [-0.2, 0) is 0 Å². The Morgan fingerprint density at radius 1 is 1.26 bits per heavy atom. The fraction of sp³-hybridized carbons (Fsp3) is 0.538. The molecule has 0 saturated carbocycles. The topological polar surface area (TPSA) is 30.5 Å². The first-order valence-electron chi connectivity index (χ1n) is 6.16. The van der Waals surface area contributed by atoms with Crippen molar-refractivity contribution in [2.24, 2.45) is 0 Å². The zero-order chi connectivity index (χ0) is 13.9.